The molecule has 0 aromatic rings. The number of hydrogen-bond acceptors (Lipinski definition) is 4. The van der Waals surface area contributed by atoms with Crippen LogP contribution in [0.15, 0.2) is 11.8 Å². The molecule has 0 saturated carbocycles. The average Bonchev–Trinajstić information content (AvgIpc) is 2.35. The zero-order valence-corrected chi connectivity index (χ0v) is 6.98. The Balaban J connectivity index is 2.73. The molecule has 0 unspecified atom stereocenters. The van der Waals surface area contributed by atoms with Gasteiger partial charge in [-0.05, 0) is 6.08 Å². The molecule has 0 aliphatic carbocycles. The maximum absolute atomic E-state index is 11.7. The SMILES string of the molecule is O=S(=O)(OC1=CCOC1)C(F)(F)F. The Morgan fingerprint density at radius 3 is 2.46 bits per heavy atom. The van der Waals surface area contributed by atoms with E-state index in [1.807, 2.05) is 0 Å². The first-order chi connectivity index (χ1) is 5.83. The minimum Gasteiger partial charge on any atom is -0.378 e. The lowest BCUT2D eigenvalue weighted by atomic mass is 10.5. The van der Waals surface area contributed by atoms with Crippen molar-refractivity contribution in [2.75, 3.05) is 13.2 Å². The van der Waals surface area contributed by atoms with Gasteiger partial charge < -0.3 is 8.92 Å². The maximum atomic E-state index is 11.7. The first-order valence-electron chi connectivity index (χ1n) is 3.10. The Labute approximate surface area is 72.1 Å². The van der Waals surface area contributed by atoms with Crippen molar-refractivity contribution in [2.24, 2.45) is 0 Å². The lowest BCUT2D eigenvalue weighted by molar-refractivity contribution is -0.0525. The number of ether oxygens (including phenoxy) is 1. The Morgan fingerprint density at radius 2 is 2.08 bits per heavy atom. The van der Waals surface area contributed by atoms with Crippen molar-refractivity contribution in [3.63, 3.8) is 0 Å². The van der Waals surface area contributed by atoms with E-state index in [0.717, 1.165) is 6.08 Å². The molecular weight excluding hydrogens is 213 g/mol. The molecule has 0 fully saturated rings. The summed E-state index contributed by atoms with van der Waals surface area (Å²) in [6.07, 6.45) is 1.13. The normalized spacial score (nSPS) is 18.5. The molecule has 0 N–H and O–H groups in total. The summed E-state index contributed by atoms with van der Waals surface area (Å²) >= 11 is 0. The molecule has 1 heterocycles. The highest BCUT2D eigenvalue weighted by atomic mass is 32.2. The van der Waals surface area contributed by atoms with Gasteiger partial charge in [0.25, 0.3) is 0 Å². The van der Waals surface area contributed by atoms with Gasteiger partial charge in [-0.25, -0.2) is 0 Å². The summed E-state index contributed by atoms with van der Waals surface area (Å²) in [6, 6.07) is 0. The molecule has 0 radical (unpaired) electrons. The number of halogens is 3. The van der Waals surface area contributed by atoms with Crippen LogP contribution in [0.4, 0.5) is 13.2 Å². The van der Waals surface area contributed by atoms with E-state index in [2.05, 4.69) is 8.92 Å². The van der Waals surface area contributed by atoms with Crippen LogP contribution in [0.1, 0.15) is 0 Å². The van der Waals surface area contributed by atoms with Crippen LogP contribution in [0.3, 0.4) is 0 Å². The summed E-state index contributed by atoms with van der Waals surface area (Å²) in [5.74, 6) is -0.336. The Kier molecular flexibility index (Phi) is 2.53. The van der Waals surface area contributed by atoms with Crippen molar-refractivity contribution in [1.82, 2.24) is 0 Å². The van der Waals surface area contributed by atoms with E-state index in [1.165, 1.54) is 0 Å². The molecular formula is C5H5F3O4S. The van der Waals surface area contributed by atoms with E-state index in [-0.39, 0.29) is 19.0 Å². The van der Waals surface area contributed by atoms with Crippen LogP contribution in [0, 0.1) is 0 Å². The van der Waals surface area contributed by atoms with Crippen LogP contribution < -0.4 is 0 Å². The third kappa shape index (κ3) is 2.34. The van der Waals surface area contributed by atoms with Crippen LogP contribution in [0.25, 0.3) is 0 Å². The highest BCUT2D eigenvalue weighted by Gasteiger charge is 2.48. The molecule has 0 aromatic heterocycles. The van der Waals surface area contributed by atoms with Gasteiger partial charge >= 0.3 is 15.6 Å². The quantitative estimate of drug-likeness (QED) is 0.507. The van der Waals surface area contributed by atoms with Crippen molar-refractivity contribution in [2.45, 2.75) is 5.51 Å². The molecule has 4 nitrogen and oxygen atoms in total. The van der Waals surface area contributed by atoms with Crippen molar-refractivity contribution in [3.8, 4) is 0 Å². The zero-order chi connectivity index (χ0) is 10.1. The van der Waals surface area contributed by atoms with Gasteiger partial charge in [0.2, 0.25) is 0 Å². The van der Waals surface area contributed by atoms with E-state index in [0.29, 0.717) is 0 Å². The van der Waals surface area contributed by atoms with Gasteiger partial charge in [0.1, 0.15) is 12.4 Å². The van der Waals surface area contributed by atoms with Gasteiger partial charge in [-0.3, -0.25) is 0 Å². The highest BCUT2D eigenvalue weighted by Crippen LogP contribution is 2.27. The molecule has 1 aliphatic rings. The second kappa shape index (κ2) is 3.18. The largest absolute Gasteiger partial charge is 0.534 e. The van der Waals surface area contributed by atoms with Crippen molar-refractivity contribution in [1.29, 1.82) is 0 Å². The smallest absolute Gasteiger partial charge is 0.378 e. The summed E-state index contributed by atoms with van der Waals surface area (Å²) in [5, 5.41) is 0. The third-order valence-corrected chi connectivity index (χ3v) is 2.17. The van der Waals surface area contributed by atoms with E-state index in [9.17, 15) is 21.6 Å². The van der Waals surface area contributed by atoms with Gasteiger partial charge in [-0.1, -0.05) is 0 Å². The van der Waals surface area contributed by atoms with Crippen LogP contribution in [0.5, 0.6) is 0 Å². The van der Waals surface area contributed by atoms with E-state index < -0.39 is 15.6 Å². The van der Waals surface area contributed by atoms with Crippen LogP contribution in [-0.4, -0.2) is 27.1 Å². The molecule has 0 aromatic carbocycles. The summed E-state index contributed by atoms with van der Waals surface area (Å²) in [5.41, 5.74) is -5.39. The summed E-state index contributed by atoms with van der Waals surface area (Å²) in [7, 11) is -5.53. The Morgan fingerprint density at radius 1 is 1.46 bits per heavy atom. The minimum absolute atomic E-state index is 0.0582. The first-order valence-corrected chi connectivity index (χ1v) is 4.51. The minimum atomic E-state index is -5.53. The molecule has 1 rings (SSSR count). The molecule has 0 saturated heterocycles. The predicted molar refractivity (Wildman–Crippen MR) is 35.0 cm³/mol. The Bertz CT molecular complexity index is 315. The fourth-order valence-electron chi connectivity index (χ4n) is 0.617. The average molecular weight is 218 g/mol. The fourth-order valence-corrected chi connectivity index (χ4v) is 1.11. The molecule has 8 heteroatoms. The summed E-state index contributed by atoms with van der Waals surface area (Å²) in [6.45, 7) is -0.196. The molecule has 13 heavy (non-hydrogen) atoms. The van der Waals surface area contributed by atoms with Gasteiger partial charge in [0.15, 0.2) is 0 Å². The molecule has 0 atom stereocenters. The topological polar surface area (TPSA) is 52.6 Å². The maximum Gasteiger partial charge on any atom is 0.534 e. The van der Waals surface area contributed by atoms with Crippen molar-refractivity contribution in [3.05, 3.63) is 11.8 Å². The highest BCUT2D eigenvalue weighted by molar-refractivity contribution is 7.87. The molecule has 1 aliphatic heterocycles. The van der Waals surface area contributed by atoms with Crippen LogP contribution in [0.2, 0.25) is 0 Å². The van der Waals surface area contributed by atoms with Gasteiger partial charge in [0, 0.05) is 0 Å². The molecule has 76 valence electrons. The monoisotopic (exact) mass is 218 g/mol. The number of alkyl halides is 3. The molecule has 0 spiro atoms. The standard InChI is InChI=1S/C5H5F3O4S/c6-5(7,8)13(9,10)12-4-1-2-11-3-4/h1H,2-3H2. The van der Waals surface area contributed by atoms with Crippen LogP contribution in [-0.2, 0) is 19.0 Å². The summed E-state index contributed by atoms with van der Waals surface area (Å²) < 4.78 is 64.2. The second-order valence-corrected chi connectivity index (χ2v) is 3.71. The number of hydrogen-bond donors (Lipinski definition) is 0. The van der Waals surface area contributed by atoms with E-state index in [4.69, 9.17) is 0 Å². The summed E-state index contributed by atoms with van der Waals surface area (Å²) in [4.78, 5) is 0. The van der Waals surface area contributed by atoms with Gasteiger partial charge in [-0.2, -0.15) is 21.6 Å². The van der Waals surface area contributed by atoms with Crippen LogP contribution >= 0.6 is 0 Å². The second-order valence-electron chi connectivity index (χ2n) is 2.17. The Hall–Kier alpha value is -0.760. The van der Waals surface area contributed by atoms with Crippen molar-refractivity contribution < 1.29 is 30.5 Å². The van der Waals surface area contributed by atoms with Crippen molar-refractivity contribution >= 4 is 10.1 Å². The molecule has 0 amide bonds. The predicted octanol–water partition coefficient (Wildman–Crippen LogP) is 0.767. The van der Waals surface area contributed by atoms with Gasteiger partial charge in [0.05, 0.1) is 6.61 Å². The fraction of sp³-hybridized carbons (Fsp3) is 0.600. The van der Waals surface area contributed by atoms with E-state index in [1.54, 1.807) is 0 Å². The lowest BCUT2D eigenvalue weighted by Crippen LogP contribution is -2.25. The number of rotatable bonds is 2. The lowest BCUT2D eigenvalue weighted by Gasteiger charge is -2.08. The van der Waals surface area contributed by atoms with E-state index >= 15 is 0 Å². The zero-order valence-electron chi connectivity index (χ0n) is 6.17. The first kappa shape index (κ1) is 10.3. The van der Waals surface area contributed by atoms with Gasteiger partial charge in [-0.15, -0.1) is 0 Å². The molecule has 0 bridgehead atoms. The third-order valence-electron chi connectivity index (χ3n) is 1.17.